The molecule has 2 N–H and O–H groups in total. The van der Waals surface area contributed by atoms with Crippen LogP contribution < -0.4 is 10.9 Å². The van der Waals surface area contributed by atoms with E-state index in [1.54, 1.807) is 11.6 Å². The topological polar surface area (TPSA) is 85.0 Å². The lowest BCUT2D eigenvalue weighted by Gasteiger charge is -2.35. The summed E-state index contributed by atoms with van der Waals surface area (Å²) < 4.78 is 3.59. The van der Waals surface area contributed by atoms with Crippen molar-refractivity contribution in [3.05, 3.63) is 40.5 Å². The number of fused-ring (bicyclic) bond motifs is 2. The fourth-order valence-electron chi connectivity index (χ4n) is 5.62. The van der Waals surface area contributed by atoms with Crippen LogP contribution in [-0.4, -0.2) is 35.9 Å². The highest BCUT2D eigenvalue weighted by molar-refractivity contribution is 5.72. The molecule has 2 aromatic heterocycles. The van der Waals surface area contributed by atoms with Gasteiger partial charge in [0.05, 0.1) is 11.6 Å². The highest BCUT2D eigenvalue weighted by atomic mass is 16.3. The van der Waals surface area contributed by atoms with E-state index < -0.39 is 6.10 Å². The van der Waals surface area contributed by atoms with Gasteiger partial charge in [0.15, 0.2) is 11.2 Å². The van der Waals surface area contributed by atoms with Gasteiger partial charge < -0.3 is 15.0 Å². The summed E-state index contributed by atoms with van der Waals surface area (Å²) in [5.41, 5.74) is 0.599. The highest BCUT2D eigenvalue weighted by Gasteiger charge is 2.52. The van der Waals surface area contributed by atoms with Gasteiger partial charge in [-0.15, -0.1) is 0 Å². The minimum Gasteiger partial charge on any atom is -0.391 e. The molecule has 0 aromatic carbocycles. The molecule has 29 heavy (non-hydrogen) atoms. The third kappa shape index (κ3) is 2.86. The summed E-state index contributed by atoms with van der Waals surface area (Å²) in [6, 6.07) is 0. The lowest BCUT2D eigenvalue weighted by molar-refractivity contribution is 0.113. The van der Waals surface area contributed by atoms with Crippen molar-refractivity contribution in [2.45, 2.75) is 63.6 Å². The molecule has 7 nitrogen and oxygen atoms in total. The molecule has 2 saturated carbocycles. The Labute approximate surface area is 170 Å². The minimum absolute atomic E-state index is 0.0909. The quantitative estimate of drug-likeness (QED) is 0.831. The Kier molecular flexibility index (Phi) is 4.38. The lowest BCUT2D eigenvalue weighted by Crippen LogP contribution is -2.48. The Bertz CT molecular complexity index is 1070. The van der Waals surface area contributed by atoms with Gasteiger partial charge in [-0.1, -0.05) is 30.7 Å². The summed E-state index contributed by atoms with van der Waals surface area (Å²) >= 11 is 0. The minimum atomic E-state index is -0.395. The molecule has 0 bridgehead atoms. The van der Waals surface area contributed by atoms with E-state index in [-0.39, 0.29) is 11.1 Å². The third-order valence-corrected chi connectivity index (χ3v) is 7.26. The van der Waals surface area contributed by atoms with Crippen LogP contribution in [0.4, 0.5) is 5.95 Å². The van der Waals surface area contributed by atoms with Crippen LogP contribution in [0.15, 0.2) is 29.1 Å². The second kappa shape index (κ2) is 6.83. The lowest BCUT2D eigenvalue weighted by atomic mass is 9.89. The van der Waals surface area contributed by atoms with E-state index in [1.165, 1.54) is 0 Å². The molecular formula is C22H29N5O2. The average Bonchev–Trinajstić information content (AvgIpc) is 3.35. The smallest absolute Gasteiger partial charge is 0.280 e. The van der Waals surface area contributed by atoms with E-state index in [9.17, 15) is 9.90 Å². The highest BCUT2D eigenvalue weighted by Crippen LogP contribution is 2.49. The summed E-state index contributed by atoms with van der Waals surface area (Å²) in [5, 5.41) is 14.2. The Morgan fingerprint density at radius 2 is 2.14 bits per heavy atom. The molecule has 154 valence electrons. The number of hydrogen-bond acceptors (Lipinski definition) is 5. The van der Waals surface area contributed by atoms with Crippen molar-refractivity contribution in [1.82, 2.24) is 19.1 Å². The zero-order chi connectivity index (χ0) is 20.2. The molecule has 3 aliphatic rings. The van der Waals surface area contributed by atoms with Gasteiger partial charge in [0.2, 0.25) is 5.95 Å². The van der Waals surface area contributed by atoms with Crippen LogP contribution in [0.3, 0.4) is 0 Å². The van der Waals surface area contributed by atoms with Crippen molar-refractivity contribution < 1.29 is 5.11 Å². The van der Waals surface area contributed by atoms with Gasteiger partial charge in [-0.2, -0.15) is 4.98 Å². The number of aryl methyl sites for hydroxylation is 1. The van der Waals surface area contributed by atoms with Crippen molar-refractivity contribution in [2.24, 2.45) is 18.9 Å². The maximum Gasteiger partial charge on any atom is 0.280 e. The van der Waals surface area contributed by atoms with E-state index in [4.69, 9.17) is 4.98 Å². The van der Waals surface area contributed by atoms with Crippen LogP contribution in [0.1, 0.15) is 44.3 Å². The SMILES string of the molecule is Cc1nc2nc(N[C@]34CCCC3CCC4O)n(C)c(=O)c2n1CC1C=CC=CC1. The first-order valence-electron chi connectivity index (χ1n) is 10.7. The van der Waals surface area contributed by atoms with Gasteiger partial charge in [0.1, 0.15) is 5.82 Å². The largest absolute Gasteiger partial charge is 0.391 e. The Balaban J connectivity index is 1.54. The van der Waals surface area contributed by atoms with Crippen LogP contribution in [0.25, 0.3) is 11.2 Å². The molecule has 4 atom stereocenters. The molecule has 2 aromatic rings. The van der Waals surface area contributed by atoms with Crippen molar-refractivity contribution >= 4 is 17.1 Å². The van der Waals surface area contributed by atoms with Gasteiger partial charge in [-0.05, 0) is 50.9 Å². The molecule has 2 heterocycles. The maximum absolute atomic E-state index is 13.3. The van der Waals surface area contributed by atoms with Crippen molar-refractivity contribution in [3.63, 3.8) is 0 Å². The fraction of sp³-hybridized carbons (Fsp3) is 0.591. The number of anilines is 1. The van der Waals surface area contributed by atoms with Gasteiger partial charge in [0, 0.05) is 13.6 Å². The van der Waals surface area contributed by atoms with E-state index in [0.717, 1.165) is 50.9 Å². The molecule has 7 heteroatoms. The molecule has 0 aliphatic heterocycles. The van der Waals surface area contributed by atoms with E-state index in [0.29, 0.717) is 28.9 Å². The number of hydrogen-bond donors (Lipinski definition) is 2. The zero-order valence-corrected chi connectivity index (χ0v) is 17.1. The van der Waals surface area contributed by atoms with Gasteiger partial charge in [0.25, 0.3) is 5.56 Å². The normalized spacial score (nSPS) is 30.9. The van der Waals surface area contributed by atoms with Crippen LogP contribution in [-0.2, 0) is 13.6 Å². The first kappa shape index (κ1) is 18.6. The van der Waals surface area contributed by atoms with Crippen molar-refractivity contribution in [2.75, 3.05) is 5.32 Å². The number of aliphatic hydroxyl groups is 1. The number of aromatic nitrogens is 4. The van der Waals surface area contributed by atoms with E-state index in [2.05, 4.69) is 34.6 Å². The van der Waals surface area contributed by atoms with Crippen LogP contribution in [0.2, 0.25) is 0 Å². The number of aliphatic hydroxyl groups excluding tert-OH is 1. The first-order valence-corrected chi connectivity index (χ1v) is 10.7. The van der Waals surface area contributed by atoms with Gasteiger partial charge in [-0.25, -0.2) is 4.98 Å². The average molecular weight is 396 g/mol. The van der Waals surface area contributed by atoms with Crippen LogP contribution in [0, 0.1) is 18.8 Å². The fourth-order valence-corrected chi connectivity index (χ4v) is 5.62. The number of imidazole rings is 1. The molecule has 0 radical (unpaired) electrons. The standard InChI is InChI=1S/C22H29N5O2/c1-14-23-19-18(27(14)13-15-7-4-3-5-8-15)20(29)26(2)21(24-19)25-22-12-6-9-16(22)10-11-17(22)28/h3-5,7,15-17,28H,6,8-13H2,1-2H3,(H,24,25)/t15?,16?,17?,22-/m1/s1. The Morgan fingerprint density at radius 3 is 2.93 bits per heavy atom. The van der Waals surface area contributed by atoms with E-state index >= 15 is 0 Å². The second-order valence-corrected chi connectivity index (χ2v) is 8.90. The molecular weight excluding hydrogens is 366 g/mol. The van der Waals surface area contributed by atoms with Gasteiger partial charge in [-0.3, -0.25) is 9.36 Å². The number of rotatable bonds is 4. The Morgan fingerprint density at radius 1 is 1.28 bits per heavy atom. The Hall–Kier alpha value is -2.41. The summed E-state index contributed by atoms with van der Waals surface area (Å²) in [5.74, 6) is 2.11. The van der Waals surface area contributed by atoms with Crippen molar-refractivity contribution in [3.8, 4) is 0 Å². The first-order chi connectivity index (χ1) is 14.0. The number of nitrogens with one attached hydrogen (secondary N) is 1. The summed E-state index contributed by atoms with van der Waals surface area (Å²) in [6.45, 7) is 2.65. The summed E-state index contributed by atoms with van der Waals surface area (Å²) in [7, 11) is 1.76. The molecule has 3 aliphatic carbocycles. The monoisotopic (exact) mass is 395 g/mol. The third-order valence-electron chi connectivity index (χ3n) is 7.26. The predicted molar refractivity (Wildman–Crippen MR) is 113 cm³/mol. The number of nitrogens with zero attached hydrogens (tertiary/aromatic N) is 4. The van der Waals surface area contributed by atoms with Crippen LogP contribution >= 0.6 is 0 Å². The molecule has 2 fully saturated rings. The predicted octanol–water partition coefficient (Wildman–Crippen LogP) is 2.68. The molecule has 3 unspecified atom stereocenters. The molecule has 0 amide bonds. The maximum atomic E-state index is 13.3. The van der Waals surface area contributed by atoms with Gasteiger partial charge >= 0.3 is 0 Å². The second-order valence-electron chi connectivity index (χ2n) is 8.90. The molecule has 0 saturated heterocycles. The zero-order valence-electron chi connectivity index (χ0n) is 17.1. The van der Waals surface area contributed by atoms with E-state index in [1.807, 2.05) is 11.5 Å². The van der Waals surface area contributed by atoms with Crippen molar-refractivity contribution in [1.29, 1.82) is 0 Å². The van der Waals surface area contributed by atoms with Crippen LogP contribution in [0.5, 0.6) is 0 Å². The molecule has 5 rings (SSSR count). The summed E-state index contributed by atoms with van der Waals surface area (Å²) in [4.78, 5) is 22.6. The number of allylic oxidation sites excluding steroid dienone is 4. The summed E-state index contributed by atoms with van der Waals surface area (Å²) in [6.07, 6.45) is 14.0. The molecule has 0 spiro atoms.